The van der Waals surface area contributed by atoms with Crippen molar-refractivity contribution in [2.75, 3.05) is 19.1 Å². The number of hydrazine groups is 1. The normalized spacial score (nSPS) is 12.9. The van der Waals surface area contributed by atoms with Gasteiger partial charge in [-0.15, -0.1) is 0 Å². The molecular formula is C11H18N4O5S. The minimum atomic E-state index is -3.82. The molecule has 0 spiro atoms. The van der Waals surface area contributed by atoms with E-state index in [9.17, 15) is 18.5 Å². The second kappa shape index (κ2) is 7.31. The van der Waals surface area contributed by atoms with Crippen molar-refractivity contribution < 1.29 is 18.1 Å². The van der Waals surface area contributed by atoms with Crippen LogP contribution in [0.2, 0.25) is 0 Å². The summed E-state index contributed by atoms with van der Waals surface area (Å²) in [4.78, 5) is 10.0. The maximum absolute atomic E-state index is 12.2. The fraction of sp³-hybridized carbons (Fsp3) is 0.455. The van der Waals surface area contributed by atoms with Crippen LogP contribution in [0, 0.1) is 10.1 Å². The summed E-state index contributed by atoms with van der Waals surface area (Å²) in [6.45, 7) is 2.04. The lowest BCUT2D eigenvalue weighted by Crippen LogP contribution is -2.37. The summed E-state index contributed by atoms with van der Waals surface area (Å²) in [5, 5.41) is 10.8. The molecule has 1 rings (SSSR count). The predicted molar refractivity (Wildman–Crippen MR) is 77.2 cm³/mol. The zero-order chi connectivity index (χ0) is 16.0. The number of anilines is 1. The molecule has 9 nitrogen and oxygen atoms in total. The van der Waals surface area contributed by atoms with Crippen molar-refractivity contribution in [1.82, 2.24) is 4.72 Å². The number of nitrogens with zero attached hydrogens (tertiary/aromatic N) is 1. The Morgan fingerprint density at radius 1 is 1.48 bits per heavy atom. The maximum Gasteiger partial charge on any atom is 0.293 e. The van der Waals surface area contributed by atoms with Gasteiger partial charge in [-0.05, 0) is 18.6 Å². The highest BCUT2D eigenvalue weighted by atomic mass is 32.2. The second-order valence-corrected chi connectivity index (χ2v) is 5.98. The van der Waals surface area contributed by atoms with Gasteiger partial charge in [0.1, 0.15) is 5.69 Å². The van der Waals surface area contributed by atoms with Gasteiger partial charge in [-0.1, -0.05) is 6.92 Å². The zero-order valence-corrected chi connectivity index (χ0v) is 12.5. The van der Waals surface area contributed by atoms with Crippen molar-refractivity contribution in [3.63, 3.8) is 0 Å². The number of rotatable bonds is 8. The molecule has 4 N–H and O–H groups in total. The molecule has 0 aliphatic heterocycles. The van der Waals surface area contributed by atoms with E-state index in [0.717, 1.165) is 18.2 Å². The summed E-state index contributed by atoms with van der Waals surface area (Å²) in [7, 11) is -2.35. The van der Waals surface area contributed by atoms with Gasteiger partial charge in [0.2, 0.25) is 10.0 Å². The molecule has 0 radical (unpaired) electrons. The maximum atomic E-state index is 12.2. The number of hydrogen-bond acceptors (Lipinski definition) is 7. The molecule has 0 amide bonds. The Labute approximate surface area is 122 Å². The zero-order valence-electron chi connectivity index (χ0n) is 11.7. The van der Waals surface area contributed by atoms with Gasteiger partial charge in [0.25, 0.3) is 5.69 Å². The van der Waals surface area contributed by atoms with Crippen LogP contribution >= 0.6 is 0 Å². The number of benzene rings is 1. The number of methoxy groups -OCH3 is 1. The van der Waals surface area contributed by atoms with E-state index in [4.69, 9.17) is 10.6 Å². The van der Waals surface area contributed by atoms with Gasteiger partial charge in [0, 0.05) is 19.2 Å². The first kappa shape index (κ1) is 17.3. The van der Waals surface area contributed by atoms with Crippen LogP contribution in [0.15, 0.2) is 23.1 Å². The van der Waals surface area contributed by atoms with Gasteiger partial charge in [-0.3, -0.25) is 16.0 Å². The first-order valence-corrected chi connectivity index (χ1v) is 7.60. The number of nitrogen functional groups attached to an aromatic ring is 1. The molecular weight excluding hydrogens is 300 g/mol. The first-order chi connectivity index (χ1) is 9.85. The fourth-order valence-electron chi connectivity index (χ4n) is 1.68. The molecule has 0 heterocycles. The van der Waals surface area contributed by atoms with Crippen LogP contribution in [0.4, 0.5) is 11.4 Å². The Hall–Kier alpha value is -1.75. The molecule has 0 saturated heterocycles. The molecule has 0 fully saturated rings. The topological polar surface area (TPSA) is 137 Å². The molecule has 1 unspecified atom stereocenters. The minimum Gasteiger partial charge on any atom is -0.383 e. The number of nitrogens with two attached hydrogens (primary N) is 1. The van der Waals surface area contributed by atoms with E-state index in [1.165, 1.54) is 7.11 Å². The molecule has 118 valence electrons. The molecule has 0 aliphatic rings. The van der Waals surface area contributed by atoms with Crippen molar-refractivity contribution in [2.45, 2.75) is 24.3 Å². The summed E-state index contributed by atoms with van der Waals surface area (Å²) in [5.41, 5.74) is 1.74. The highest BCUT2D eigenvalue weighted by Crippen LogP contribution is 2.26. The Morgan fingerprint density at radius 3 is 2.62 bits per heavy atom. The molecule has 10 heteroatoms. The highest BCUT2D eigenvalue weighted by Gasteiger charge is 2.22. The molecule has 21 heavy (non-hydrogen) atoms. The van der Waals surface area contributed by atoms with Crippen molar-refractivity contribution in [2.24, 2.45) is 5.84 Å². The number of nitro groups is 1. The predicted octanol–water partition coefficient (Wildman–Crippen LogP) is 0.584. The van der Waals surface area contributed by atoms with Crippen molar-refractivity contribution >= 4 is 21.4 Å². The van der Waals surface area contributed by atoms with Crippen LogP contribution < -0.4 is 16.0 Å². The Bertz CT molecular complexity index is 605. The summed E-state index contributed by atoms with van der Waals surface area (Å²) < 4.78 is 31.8. The number of sulfonamides is 1. The van der Waals surface area contributed by atoms with Crippen LogP contribution in [0.25, 0.3) is 0 Å². The minimum absolute atomic E-state index is 0.0809. The van der Waals surface area contributed by atoms with Crippen LogP contribution in [-0.4, -0.2) is 33.1 Å². The van der Waals surface area contributed by atoms with Crippen LogP contribution in [0.1, 0.15) is 13.3 Å². The lowest BCUT2D eigenvalue weighted by Gasteiger charge is -2.16. The highest BCUT2D eigenvalue weighted by molar-refractivity contribution is 7.89. The summed E-state index contributed by atoms with van der Waals surface area (Å²) in [6, 6.07) is 2.96. The van der Waals surface area contributed by atoms with Gasteiger partial charge in [-0.2, -0.15) is 0 Å². The van der Waals surface area contributed by atoms with Gasteiger partial charge in [0.05, 0.1) is 16.4 Å². The standard InChI is InChI=1S/C11H18N4O5S/c1-3-8(7-20-2)14-21(18,19)9-4-5-11(15(16)17)10(6-9)13-12/h4-6,8,13-14H,3,7,12H2,1-2H3. The molecule has 0 saturated carbocycles. The third kappa shape index (κ3) is 4.36. The van der Waals surface area contributed by atoms with E-state index in [2.05, 4.69) is 10.1 Å². The average Bonchev–Trinajstić information content (AvgIpc) is 2.45. The van der Waals surface area contributed by atoms with Gasteiger partial charge >= 0.3 is 0 Å². The third-order valence-corrected chi connectivity index (χ3v) is 4.33. The van der Waals surface area contributed by atoms with E-state index in [1.807, 2.05) is 6.92 Å². The molecule has 0 bridgehead atoms. The Balaban J connectivity index is 3.11. The number of hydrogen-bond donors (Lipinski definition) is 3. The summed E-state index contributed by atoms with van der Waals surface area (Å²) in [6.07, 6.45) is 0.544. The van der Waals surface area contributed by atoms with Crippen molar-refractivity contribution in [1.29, 1.82) is 0 Å². The van der Waals surface area contributed by atoms with E-state index < -0.39 is 14.9 Å². The third-order valence-electron chi connectivity index (χ3n) is 2.81. The van der Waals surface area contributed by atoms with Gasteiger partial charge in [0.15, 0.2) is 0 Å². The summed E-state index contributed by atoms with van der Waals surface area (Å²) in [5.74, 6) is 5.19. The Kier molecular flexibility index (Phi) is 6.03. The van der Waals surface area contributed by atoms with Crippen molar-refractivity contribution in [3.05, 3.63) is 28.3 Å². The largest absolute Gasteiger partial charge is 0.383 e. The van der Waals surface area contributed by atoms with E-state index >= 15 is 0 Å². The van der Waals surface area contributed by atoms with E-state index in [0.29, 0.717) is 6.42 Å². The summed E-state index contributed by atoms with van der Waals surface area (Å²) >= 11 is 0. The first-order valence-electron chi connectivity index (χ1n) is 6.12. The van der Waals surface area contributed by atoms with Crippen molar-refractivity contribution in [3.8, 4) is 0 Å². The number of nitro benzene ring substituents is 1. The number of ether oxygens (including phenoxy) is 1. The van der Waals surface area contributed by atoms with Crippen LogP contribution in [-0.2, 0) is 14.8 Å². The molecule has 1 aromatic rings. The molecule has 0 aliphatic carbocycles. The fourth-order valence-corrected chi connectivity index (χ4v) is 3.01. The van der Waals surface area contributed by atoms with Gasteiger partial charge < -0.3 is 10.2 Å². The quantitative estimate of drug-likeness (QED) is 0.362. The smallest absolute Gasteiger partial charge is 0.293 e. The lowest BCUT2D eigenvalue weighted by atomic mass is 10.3. The average molecular weight is 318 g/mol. The SMILES string of the molecule is CCC(COC)NS(=O)(=O)c1ccc([N+](=O)[O-])c(NN)c1. The number of nitrogens with one attached hydrogen (secondary N) is 2. The Morgan fingerprint density at radius 2 is 2.14 bits per heavy atom. The van der Waals surface area contributed by atoms with Crippen LogP contribution in [0.5, 0.6) is 0 Å². The molecule has 1 aromatic carbocycles. The second-order valence-electron chi connectivity index (χ2n) is 4.26. The molecule has 0 aromatic heterocycles. The van der Waals surface area contributed by atoms with Gasteiger partial charge in [-0.25, -0.2) is 13.1 Å². The lowest BCUT2D eigenvalue weighted by molar-refractivity contribution is -0.384. The van der Waals surface area contributed by atoms with Crippen LogP contribution in [0.3, 0.4) is 0 Å². The molecule has 1 atom stereocenters. The van der Waals surface area contributed by atoms with E-state index in [1.54, 1.807) is 0 Å². The monoisotopic (exact) mass is 318 g/mol. The van der Waals surface area contributed by atoms with E-state index in [-0.39, 0.29) is 28.9 Å².